The summed E-state index contributed by atoms with van der Waals surface area (Å²) in [6.45, 7) is 5.13. The molecule has 0 spiro atoms. The number of sulfonamides is 1. The topological polar surface area (TPSA) is 105 Å². The van der Waals surface area contributed by atoms with E-state index >= 15 is 0 Å². The molecule has 0 bridgehead atoms. The SMILES string of the molecule is COc1ccc(N(CC(=O)N(Cc2cccc(C)c2)[C@H](C)C(=O)NC2CCCC2)S(=O)(=O)c2ccc(C)cc2)cc1OC. The molecule has 3 aromatic carbocycles. The van der Waals surface area contributed by atoms with Gasteiger partial charge in [0.1, 0.15) is 12.6 Å². The van der Waals surface area contributed by atoms with Gasteiger partial charge in [0, 0.05) is 18.7 Å². The van der Waals surface area contributed by atoms with Gasteiger partial charge in [-0.05, 0) is 63.4 Å². The lowest BCUT2D eigenvalue weighted by Crippen LogP contribution is -2.52. The zero-order chi connectivity index (χ0) is 31.1. The highest BCUT2D eigenvalue weighted by molar-refractivity contribution is 7.92. The zero-order valence-corrected chi connectivity index (χ0v) is 26.3. The first kappa shape index (κ1) is 31.9. The molecule has 0 saturated heterocycles. The molecule has 1 aliphatic rings. The number of nitrogens with zero attached hydrogens (tertiary/aromatic N) is 2. The molecule has 2 amide bonds. The van der Waals surface area contributed by atoms with Crippen LogP contribution in [0.15, 0.2) is 71.6 Å². The van der Waals surface area contributed by atoms with Crippen molar-refractivity contribution in [3.63, 3.8) is 0 Å². The van der Waals surface area contributed by atoms with Crippen molar-refractivity contribution in [1.82, 2.24) is 10.2 Å². The smallest absolute Gasteiger partial charge is 0.264 e. The second-order valence-electron chi connectivity index (χ2n) is 11.0. The lowest BCUT2D eigenvalue weighted by atomic mass is 10.1. The Labute approximate surface area is 254 Å². The Morgan fingerprint density at radius 1 is 0.907 bits per heavy atom. The number of benzene rings is 3. The van der Waals surface area contributed by atoms with Gasteiger partial charge >= 0.3 is 0 Å². The number of anilines is 1. The Hall–Kier alpha value is -4.05. The van der Waals surface area contributed by atoms with Gasteiger partial charge in [-0.15, -0.1) is 0 Å². The van der Waals surface area contributed by atoms with E-state index in [0.717, 1.165) is 46.7 Å². The highest BCUT2D eigenvalue weighted by Gasteiger charge is 2.33. The molecule has 43 heavy (non-hydrogen) atoms. The zero-order valence-electron chi connectivity index (χ0n) is 25.5. The maximum absolute atomic E-state index is 14.2. The molecule has 4 rings (SSSR count). The Kier molecular flexibility index (Phi) is 10.3. The number of hydrogen-bond donors (Lipinski definition) is 1. The molecule has 0 unspecified atom stereocenters. The van der Waals surface area contributed by atoms with Gasteiger partial charge in [-0.1, -0.05) is 60.4 Å². The van der Waals surface area contributed by atoms with E-state index in [1.807, 2.05) is 38.1 Å². The number of amides is 2. The second-order valence-corrected chi connectivity index (χ2v) is 12.9. The van der Waals surface area contributed by atoms with E-state index in [0.29, 0.717) is 11.5 Å². The van der Waals surface area contributed by atoms with Gasteiger partial charge in [-0.25, -0.2) is 8.42 Å². The van der Waals surface area contributed by atoms with Crippen molar-refractivity contribution in [2.24, 2.45) is 0 Å². The van der Waals surface area contributed by atoms with Crippen LogP contribution in [0, 0.1) is 13.8 Å². The largest absolute Gasteiger partial charge is 0.493 e. The molecule has 1 aliphatic carbocycles. The fourth-order valence-corrected chi connectivity index (χ4v) is 6.73. The van der Waals surface area contributed by atoms with Crippen molar-refractivity contribution in [3.05, 3.63) is 83.4 Å². The van der Waals surface area contributed by atoms with Crippen LogP contribution in [0.1, 0.15) is 49.3 Å². The fraction of sp³-hybridized carbons (Fsp3) is 0.394. The van der Waals surface area contributed by atoms with Crippen molar-refractivity contribution < 1.29 is 27.5 Å². The van der Waals surface area contributed by atoms with Crippen LogP contribution in [-0.2, 0) is 26.2 Å². The van der Waals surface area contributed by atoms with Crippen LogP contribution >= 0.6 is 0 Å². The molecule has 0 aromatic heterocycles. The van der Waals surface area contributed by atoms with Gasteiger partial charge in [0.25, 0.3) is 10.0 Å². The summed E-state index contributed by atoms with van der Waals surface area (Å²) in [6.07, 6.45) is 3.93. The first-order valence-corrected chi connectivity index (χ1v) is 15.9. The summed E-state index contributed by atoms with van der Waals surface area (Å²) in [5, 5.41) is 3.09. The summed E-state index contributed by atoms with van der Waals surface area (Å²) in [5.74, 6) is -0.0333. The van der Waals surface area contributed by atoms with Crippen LogP contribution < -0.4 is 19.1 Å². The average molecular weight is 608 g/mol. The maximum Gasteiger partial charge on any atom is 0.264 e. The summed E-state index contributed by atoms with van der Waals surface area (Å²) >= 11 is 0. The van der Waals surface area contributed by atoms with Gasteiger partial charge in [0.15, 0.2) is 11.5 Å². The Morgan fingerprint density at radius 2 is 1.58 bits per heavy atom. The molecule has 0 aliphatic heterocycles. The van der Waals surface area contributed by atoms with Crippen LogP contribution in [0.4, 0.5) is 5.69 Å². The Morgan fingerprint density at radius 3 is 2.21 bits per heavy atom. The van der Waals surface area contributed by atoms with Crippen molar-refractivity contribution >= 4 is 27.5 Å². The van der Waals surface area contributed by atoms with Gasteiger partial charge in [-0.2, -0.15) is 0 Å². The monoisotopic (exact) mass is 607 g/mol. The minimum Gasteiger partial charge on any atom is -0.493 e. The van der Waals surface area contributed by atoms with Crippen LogP contribution in [0.25, 0.3) is 0 Å². The normalized spacial score (nSPS) is 14.2. The molecule has 9 nitrogen and oxygen atoms in total. The third kappa shape index (κ3) is 7.67. The third-order valence-corrected chi connectivity index (χ3v) is 9.64. The van der Waals surface area contributed by atoms with E-state index in [2.05, 4.69) is 5.32 Å². The summed E-state index contributed by atoms with van der Waals surface area (Å²) in [7, 11) is -1.25. The molecule has 0 radical (unpaired) electrons. The predicted octanol–water partition coefficient (Wildman–Crippen LogP) is 4.99. The molecular formula is C33H41N3O6S. The Balaban J connectivity index is 1.73. The molecule has 3 aromatic rings. The quantitative estimate of drug-likeness (QED) is 0.311. The van der Waals surface area contributed by atoms with E-state index in [4.69, 9.17) is 9.47 Å². The number of nitrogens with one attached hydrogen (secondary N) is 1. The Bertz CT molecular complexity index is 1530. The first-order chi connectivity index (χ1) is 20.5. The van der Waals surface area contributed by atoms with E-state index in [1.54, 1.807) is 31.2 Å². The summed E-state index contributed by atoms with van der Waals surface area (Å²) < 4.78 is 40.0. The van der Waals surface area contributed by atoms with Crippen molar-refractivity contribution in [3.8, 4) is 11.5 Å². The molecule has 1 saturated carbocycles. The summed E-state index contributed by atoms with van der Waals surface area (Å²) in [6, 6.07) is 18.1. The first-order valence-electron chi connectivity index (χ1n) is 14.5. The van der Waals surface area contributed by atoms with Gasteiger partial charge in [0.05, 0.1) is 24.8 Å². The number of ether oxygens (including phenoxy) is 2. The minimum atomic E-state index is -4.20. The maximum atomic E-state index is 14.2. The van der Waals surface area contributed by atoms with E-state index in [-0.39, 0.29) is 29.1 Å². The number of rotatable bonds is 12. The molecule has 230 valence electrons. The van der Waals surface area contributed by atoms with Crippen molar-refractivity contribution in [2.45, 2.75) is 70.0 Å². The van der Waals surface area contributed by atoms with Gasteiger partial charge in [-0.3, -0.25) is 13.9 Å². The van der Waals surface area contributed by atoms with Gasteiger partial charge < -0.3 is 19.7 Å². The molecule has 0 heterocycles. The molecule has 10 heteroatoms. The standard InChI is InChI=1S/C33H41N3O6S/c1-23-13-16-29(17-14-23)43(39,40)36(28-15-18-30(41-4)31(20-28)42-5)22-32(37)35(21-26-10-8-9-24(2)19-26)25(3)33(38)34-27-11-6-7-12-27/h8-10,13-20,25,27H,6-7,11-12,21-22H2,1-5H3,(H,34,38)/t25-/m1/s1. The number of carbonyl (C=O) groups excluding carboxylic acids is 2. The number of aryl methyl sites for hydroxylation is 2. The highest BCUT2D eigenvalue weighted by atomic mass is 32.2. The summed E-state index contributed by atoms with van der Waals surface area (Å²) in [5.41, 5.74) is 2.99. The predicted molar refractivity (Wildman–Crippen MR) is 167 cm³/mol. The second kappa shape index (κ2) is 13.9. The lowest BCUT2D eigenvalue weighted by Gasteiger charge is -2.32. The van der Waals surface area contributed by atoms with Crippen LogP contribution in [0.2, 0.25) is 0 Å². The van der Waals surface area contributed by atoms with E-state index < -0.39 is 28.5 Å². The fourth-order valence-electron chi connectivity index (χ4n) is 5.33. The third-order valence-electron chi connectivity index (χ3n) is 7.85. The number of carbonyl (C=O) groups is 2. The number of hydrogen-bond acceptors (Lipinski definition) is 6. The highest BCUT2D eigenvalue weighted by Crippen LogP contribution is 2.34. The van der Waals surface area contributed by atoms with E-state index in [1.165, 1.54) is 37.3 Å². The van der Waals surface area contributed by atoms with E-state index in [9.17, 15) is 18.0 Å². The minimum absolute atomic E-state index is 0.0398. The molecule has 1 fully saturated rings. The number of methoxy groups -OCH3 is 2. The van der Waals surface area contributed by atoms with Crippen LogP contribution in [0.3, 0.4) is 0 Å². The van der Waals surface area contributed by atoms with Gasteiger partial charge in [0.2, 0.25) is 11.8 Å². The van der Waals surface area contributed by atoms with Crippen molar-refractivity contribution in [2.75, 3.05) is 25.1 Å². The summed E-state index contributed by atoms with van der Waals surface area (Å²) in [4.78, 5) is 29.1. The van der Waals surface area contributed by atoms with Crippen LogP contribution in [0.5, 0.6) is 11.5 Å². The molecule has 1 N–H and O–H groups in total. The van der Waals surface area contributed by atoms with Crippen molar-refractivity contribution in [1.29, 1.82) is 0 Å². The lowest BCUT2D eigenvalue weighted by molar-refractivity contribution is -0.139. The average Bonchev–Trinajstić information content (AvgIpc) is 3.51. The molecule has 1 atom stereocenters. The van der Waals surface area contributed by atoms with Crippen LogP contribution in [-0.4, -0.2) is 58.0 Å². The molecular weight excluding hydrogens is 566 g/mol.